The number of anilines is 1. The first kappa shape index (κ1) is 18.7. The molecule has 2 unspecified atom stereocenters. The molecule has 1 N–H and O–H groups in total. The Kier molecular flexibility index (Phi) is 4.67. The number of imidazole rings is 1. The number of fused-ring (bicyclic) bond motifs is 1. The van der Waals surface area contributed by atoms with Crippen LogP contribution in [-0.2, 0) is 0 Å². The lowest BCUT2D eigenvalue weighted by Crippen LogP contribution is -2.54. The average Bonchev–Trinajstić information content (AvgIpc) is 3.13. The number of pyridine rings is 1. The van der Waals surface area contributed by atoms with E-state index in [1.165, 1.54) is 12.1 Å². The van der Waals surface area contributed by atoms with E-state index in [-0.39, 0.29) is 5.82 Å². The van der Waals surface area contributed by atoms with E-state index in [9.17, 15) is 4.39 Å². The van der Waals surface area contributed by atoms with Crippen LogP contribution in [0, 0.1) is 5.82 Å². The average molecular weight is 402 g/mol. The summed E-state index contributed by atoms with van der Waals surface area (Å²) in [7, 11) is 0. The molecular formula is C23H23FN6. The zero-order chi connectivity index (χ0) is 20.7. The van der Waals surface area contributed by atoms with E-state index < -0.39 is 0 Å². The second-order valence-corrected chi connectivity index (χ2v) is 7.89. The Balaban J connectivity index is 1.68. The Morgan fingerprint density at radius 2 is 1.60 bits per heavy atom. The van der Waals surface area contributed by atoms with Crippen LogP contribution in [0.3, 0.4) is 0 Å². The zero-order valence-corrected chi connectivity index (χ0v) is 17.0. The lowest BCUT2D eigenvalue weighted by atomic mass is 10.1. The molecule has 6 nitrogen and oxygen atoms in total. The standard InChI is InChI=1S/C23H23FN6/c1-15-13-29(14-16(2)26-15)21-8-7-20-27-22(17-3-5-19(24)6-4-17)23(30(20)28-21)18-9-11-25-12-10-18/h3-12,15-16,26H,13-14H2,1-2H3. The normalized spacial score (nSPS) is 19.4. The highest BCUT2D eigenvalue weighted by atomic mass is 19.1. The summed E-state index contributed by atoms with van der Waals surface area (Å²) < 4.78 is 15.4. The van der Waals surface area contributed by atoms with E-state index in [0.717, 1.165) is 47.1 Å². The molecule has 2 atom stereocenters. The number of nitrogens with zero attached hydrogens (tertiary/aromatic N) is 5. The molecule has 0 bridgehead atoms. The highest BCUT2D eigenvalue weighted by Gasteiger charge is 2.23. The minimum atomic E-state index is -0.268. The first-order chi connectivity index (χ1) is 14.6. The van der Waals surface area contributed by atoms with Gasteiger partial charge in [0.05, 0.1) is 5.69 Å². The van der Waals surface area contributed by atoms with Gasteiger partial charge in [0.1, 0.15) is 17.3 Å². The van der Waals surface area contributed by atoms with Crippen molar-refractivity contribution >= 4 is 11.5 Å². The van der Waals surface area contributed by atoms with E-state index in [1.54, 1.807) is 24.5 Å². The fourth-order valence-electron chi connectivity index (χ4n) is 4.18. The van der Waals surface area contributed by atoms with E-state index in [2.05, 4.69) is 29.0 Å². The van der Waals surface area contributed by atoms with Crippen molar-refractivity contribution in [1.82, 2.24) is 24.9 Å². The summed E-state index contributed by atoms with van der Waals surface area (Å²) >= 11 is 0. The second kappa shape index (κ2) is 7.50. The Labute approximate surface area is 174 Å². The van der Waals surface area contributed by atoms with Crippen LogP contribution in [-0.4, -0.2) is 44.8 Å². The molecule has 0 radical (unpaired) electrons. The van der Waals surface area contributed by atoms with Crippen molar-refractivity contribution in [2.45, 2.75) is 25.9 Å². The first-order valence-electron chi connectivity index (χ1n) is 10.2. The van der Waals surface area contributed by atoms with Crippen molar-refractivity contribution in [3.05, 3.63) is 66.7 Å². The Morgan fingerprint density at radius 1 is 0.900 bits per heavy atom. The number of halogens is 1. The van der Waals surface area contributed by atoms with Crippen LogP contribution in [0.25, 0.3) is 28.2 Å². The predicted molar refractivity (Wildman–Crippen MR) is 116 cm³/mol. The molecule has 0 amide bonds. The summed E-state index contributed by atoms with van der Waals surface area (Å²) in [6.45, 7) is 6.17. The second-order valence-electron chi connectivity index (χ2n) is 7.89. The van der Waals surface area contributed by atoms with E-state index in [0.29, 0.717) is 12.1 Å². The number of rotatable bonds is 3. The summed E-state index contributed by atoms with van der Waals surface area (Å²) in [4.78, 5) is 11.3. The van der Waals surface area contributed by atoms with Gasteiger partial charge >= 0.3 is 0 Å². The maximum absolute atomic E-state index is 13.5. The molecule has 1 aliphatic heterocycles. The van der Waals surface area contributed by atoms with Crippen LogP contribution in [0.4, 0.5) is 10.2 Å². The van der Waals surface area contributed by atoms with Gasteiger partial charge in [-0.2, -0.15) is 0 Å². The smallest absolute Gasteiger partial charge is 0.155 e. The molecule has 0 saturated carbocycles. The van der Waals surface area contributed by atoms with Gasteiger partial charge in [0.25, 0.3) is 0 Å². The van der Waals surface area contributed by atoms with Gasteiger partial charge in [0, 0.05) is 48.7 Å². The Hall–Kier alpha value is -3.32. The summed E-state index contributed by atoms with van der Waals surface area (Å²) in [5.41, 5.74) is 4.20. The van der Waals surface area contributed by atoms with Gasteiger partial charge in [-0.25, -0.2) is 13.9 Å². The van der Waals surface area contributed by atoms with Crippen molar-refractivity contribution in [2.24, 2.45) is 0 Å². The van der Waals surface area contributed by atoms with E-state index >= 15 is 0 Å². The molecule has 5 rings (SSSR count). The van der Waals surface area contributed by atoms with Gasteiger partial charge in [-0.3, -0.25) is 4.98 Å². The molecule has 1 fully saturated rings. The lowest BCUT2D eigenvalue weighted by Gasteiger charge is -2.36. The van der Waals surface area contributed by atoms with Gasteiger partial charge < -0.3 is 10.2 Å². The minimum absolute atomic E-state index is 0.268. The molecule has 30 heavy (non-hydrogen) atoms. The Bertz CT molecular complexity index is 1160. The molecule has 1 saturated heterocycles. The van der Waals surface area contributed by atoms with Gasteiger partial charge in [-0.1, -0.05) is 0 Å². The van der Waals surface area contributed by atoms with Crippen molar-refractivity contribution in [2.75, 3.05) is 18.0 Å². The first-order valence-corrected chi connectivity index (χ1v) is 10.2. The molecule has 1 aromatic carbocycles. The minimum Gasteiger partial charge on any atom is -0.352 e. The summed E-state index contributed by atoms with van der Waals surface area (Å²) in [6.07, 6.45) is 3.51. The molecule has 3 aromatic heterocycles. The van der Waals surface area contributed by atoms with Crippen LogP contribution in [0.5, 0.6) is 0 Å². The van der Waals surface area contributed by atoms with Gasteiger partial charge in [-0.05, 0) is 62.4 Å². The number of piperazine rings is 1. The molecule has 152 valence electrons. The third-order valence-corrected chi connectivity index (χ3v) is 5.42. The van der Waals surface area contributed by atoms with Crippen LogP contribution >= 0.6 is 0 Å². The molecule has 4 aromatic rings. The molecule has 4 heterocycles. The third kappa shape index (κ3) is 3.41. The number of nitrogens with one attached hydrogen (secondary N) is 1. The molecule has 0 aliphatic carbocycles. The number of hydrogen-bond acceptors (Lipinski definition) is 5. The molecule has 7 heteroatoms. The lowest BCUT2D eigenvalue weighted by molar-refractivity contribution is 0.404. The topological polar surface area (TPSA) is 58.4 Å². The van der Waals surface area contributed by atoms with Crippen molar-refractivity contribution in [3.8, 4) is 22.5 Å². The van der Waals surface area contributed by atoms with Crippen LogP contribution < -0.4 is 10.2 Å². The van der Waals surface area contributed by atoms with E-state index in [1.807, 2.05) is 28.8 Å². The SMILES string of the molecule is CC1CN(c2ccc3nc(-c4ccc(F)cc4)c(-c4ccncc4)n3n2)CC(C)N1. The predicted octanol–water partition coefficient (Wildman–Crippen LogP) is 3.78. The monoisotopic (exact) mass is 402 g/mol. The maximum atomic E-state index is 13.5. The van der Waals surface area contributed by atoms with Crippen LogP contribution in [0.1, 0.15) is 13.8 Å². The van der Waals surface area contributed by atoms with Gasteiger partial charge in [0.2, 0.25) is 0 Å². The number of aromatic nitrogens is 4. The molecule has 0 spiro atoms. The van der Waals surface area contributed by atoms with Crippen molar-refractivity contribution in [3.63, 3.8) is 0 Å². The highest BCUT2D eigenvalue weighted by molar-refractivity contribution is 5.81. The fourth-order valence-corrected chi connectivity index (χ4v) is 4.18. The molecule has 1 aliphatic rings. The number of benzene rings is 1. The van der Waals surface area contributed by atoms with Crippen LogP contribution in [0.2, 0.25) is 0 Å². The largest absolute Gasteiger partial charge is 0.352 e. The van der Waals surface area contributed by atoms with Gasteiger partial charge in [-0.15, -0.1) is 5.10 Å². The maximum Gasteiger partial charge on any atom is 0.155 e. The van der Waals surface area contributed by atoms with E-state index in [4.69, 9.17) is 10.1 Å². The summed E-state index contributed by atoms with van der Waals surface area (Å²) in [6, 6.07) is 15.1. The molecular weight excluding hydrogens is 379 g/mol. The van der Waals surface area contributed by atoms with Crippen LogP contribution in [0.15, 0.2) is 60.9 Å². The third-order valence-electron chi connectivity index (χ3n) is 5.42. The zero-order valence-electron chi connectivity index (χ0n) is 17.0. The Morgan fingerprint density at radius 3 is 2.30 bits per heavy atom. The highest BCUT2D eigenvalue weighted by Crippen LogP contribution is 2.33. The van der Waals surface area contributed by atoms with Crippen molar-refractivity contribution in [1.29, 1.82) is 0 Å². The van der Waals surface area contributed by atoms with Crippen molar-refractivity contribution < 1.29 is 4.39 Å². The van der Waals surface area contributed by atoms with Gasteiger partial charge in [0.15, 0.2) is 5.65 Å². The fraction of sp³-hybridized carbons (Fsp3) is 0.261. The summed E-state index contributed by atoms with van der Waals surface area (Å²) in [5.74, 6) is 0.649. The quantitative estimate of drug-likeness (QED) is 0.565. The summed E-state index contributed by atoms with van der Waals surface area (Å²) in [5, 5.41) is 8.52. The number of hydrogen-bond donors (Lipinski definition) is 1.